The van der Waals surface area contributed by atoms with Crippen LogP contribution in [0.15, 0.2) is 53.4 Å². The van der Waals surface area contributed by atoms with Gasteiger partial charge in [-0.3, -0.25) is 14.4 Å². The molecule has 0 aliphatic carbocycles. The number of thioether (sulfide) groups is 1. The molecule has 0 aliphatic heterocycles. The molecule has 1 N–H and O–H groups in total. The van der Waals surface area contributed by atoms with Crippen molar-refractivity contribution in [2.24, 2.45) is 0 Å². The Balaban J connectivity index is 1.74. The monoisotopic (exact) mass is 361 g/mol. The van der Waals surface area contributed by atoms with Crippen LogP contribution in [0.5, 0.6) is 0 Å². The number of carbonyl (C=O) groups is 3. The molecule has 0 heterocycles. The van der Waals surface area contributed by atoms with Crippen molar-refractivity contribution in [3.8, 4) is 0 Å². The number of Topliss-reactive ketones (excluding diaryl/α,β-unsaturated/α-hetero) is 1. The van der Waals surface area contributed by atoms with E-state index in [4.69, 9.17) is 4.74 Å². The van der Waals surface area contributed by atoms with Crippen LogP contribution >= 0.6 is 11.8 Å². The van der Waals surface area contributed by atoms with Crippen molar-refractivity contribution in [2.45, 2.75) is 11.8 Å². The van der Waals surface area contributed by atoms with E-state index >= 15 is 0 Å². The molecule has 0 saturated heterocycles. The number of hydrogen-bond donors (Lipinski definition) is 1. The maximum Gasteiger partial charge on any atom is 0.316 e. The number of anilines is 1. The maximum absolute atomic E-state index is 13.4. The number of ether oxygens (including phenoxy) is 1. The summed E-state index contributed by atoms with van der Waals surface area (Å²) in [5.41, 5.74) is 1.03. The molecule has 0 radical (unpaired) electrons. The first kappa shape index (κ1) is 18.7. The summed E-state index contributed by atoms with van der Waals surface area (Å²) in [6, 6.07) is 12.5. The van der Waals surface area contributed by atoms with E-state index in [1.165, 1.54) is 13.0 Å². The van der Waals surface area contributed by atoms with Gasteiger partial charge in [0.05, 0.1) is 5.75 Å². The van der Waals surface area contributed by atoms with Gasteiger partial charge in [0.1, 0.15) is 5.82 Å². The van der Waals surface area contributed by atoms with Crippen molar-refractivity contribution in [3.05, 3.63) is 59.9 Å². The number of benzene rings is 2. The number of carbonyl (C=O) groups excluding carboxylic acids is 3. The molecule has 0 unspecified atom stereocenters. The highest BCUT2D eigenvalue weighted by atomic mass is 32.2. The maximum atomic E-state index is 13.4. The Hall–Kier alpha value is -2.67. The fourth-order valence-corrected chi connectivity index (χ4v) is 2.61. The Labute approximate surface area is 148 Å². The lowest BCUT2D eigenvalue weighted by atomic mass is 10.1. The van der Waals surface area contributed by atoms with Gasteiger partial charge in [0.2, 0.25) is 0 Å². The molecule has 2 rings (SSSR count). The first-order chi connectivity index (χ1) is 12.0. The molecular weight excluding hydrogens is 345 g/mol. The van der Waals surface area contributed by atoms with E-state index in [1.807, 2.05) is 0 Å². The summed E-state index contributed by atoms with van der Waals surface area (Å²) in [5.74, 6) is -1.69. The van der Waals surface area contributed by atoms with Crippen LogP contribution in [0.2, 0.25) is 0 Å². The third-order valence-corrected chi connectivity index (χ3v) is 4.14. The van der Waals surface area contributed by atoms with Crippen LogP contribution < -0.4 is 5.32 Å². The average Bonchev–Trinajstić information content (AvgIpc) is 2.59. The van der Waals surface area contributed by atoms with Crippen molar-refractivity contribution >= 4 is 35.1 Å². The Morgan fingerprint density at radius 2 is 1.76 bits per heavy atom. The van der Waals surface area contributed by atoms with E-state index in [2.05, 4.69) is 5.32 Å². The molecule has 0 saturated carbocycles. The van der Waals surface area contributed by atoms with Gasteiger partial charge in [-0.2, -0.15) is 0 Å². The van der Waals surface area contributed by atoms with Gasteiger partial charge < -0.3 is 10.1 Å². The highest BCUT2D eigenvalue weighted by Crippen LogP contribution is 2.21. The highest BCUT2D eigenvalue weighted by Gasteiger charge is 2.10. The molecule has 2 aromatic carbocycles. The number of halogens is 1. The van der Waals surface area contributed by atoms with Gasteiger partial charge >= 0.3 is 5.97 Å². The normalized spacial score (nSPS) is 10.2. The molecule has 0 atom stereocenters. The fourth-order valence-electron chi connectivity index (χ4n) is 1.87. The van der Waals surface area contributed by atoms with Crippen molar-refractivity contribution in [1.29, 1.82) is 0 Å². The van der Waals surface area contributed by atoms with Gasteiger partial charge in [-0.15, -0.1) is 11.8 Å². The van der Waals surface area contributed by atoms with Gasteiger partial charge in [-0.05, 0) is 43.3 Å². The number of esters is 1. The van der Waals surface area contributed by atoms with E-state index in [1.54, 1.807) is 42.5 Å². The molecule has 0 aliphatic rings. The molecule has 7 heteroatoms. The summed E-state index contributed by atoms with van der Waals surface area (Å²) < 4.78 is 18.3. The van der Waals surface area contributed by atoms with Crippen LogP contribution in [0.4, 0.5) is 10.1 Å². The van der Waals surface area contributed by atoms with E-state index in [9.17, 15) is 18.8 Å². The smallest absolute Gasteiger partial charge is 0.316 e. The summed E-state index contributed by atoms with van der Waals surface area (Å²) in [7, 11) is 0. The minimum Gasteiger partial charge on any atom is -0.455 e. The highest BCUT2D eigenvalue weighted by molar-refractivity contribution is 8.00. The molecule has 0 fully saturated rings. The molecule has 0 spiro atoms. The van der Waals surface area contributed by atoms with Crippen LogP contribution in [0, 0.1) is 5.82 Å². The minimum absolute atomic E-state index is 0.0702. The van der Waals surface area contributed by atoms with Crippen LogP contribution in [0.3, 0.4) is 0 Å². The van der Waals surface area contributed by atoms with Crippen molar-refractivity contribution in [1.82, 2.24) is 0 Å². The average molecular weight is 361 g/mol. The second-order valence-electron chi connectivity index (χ2n) is 5.06. The van der Waals surface area contributed by atoms with E-state index in [0.717, 1.165) is 11.8 Å². The van der Waals surface area contributed by atoms with Crippen molar-refractivity contribution in [3.63, 3.8) is 0 Å². The Bertz CT molecular complexity index is 777. The third kappa shape index (κ3) is 6.04. The lowest BCUT2D eigenvalue weighted by Gasteiger charge is -2.07. The predicted molar refractivity (Wildman–Crippen MR) is 93.2 cm³/mol. The fraction of sp³-hybridized carbons (Fsp3) is 0.167. The second kappa shape index (κ2) is 8.98. The Kier molecular flexibility index (Phi) is 6.71. The zero-order chi connectivity index (χ0) is 18.2. The van der Waals surface area contributed by atoms with Gasteiger partial charge in [-0.25, -0.2) is 4.39 Å². The topological polar surface area (TPSA) is 72.5 Å². The summed E-state index contributed by atoms with van der Waals surface area (Å²) in [5, 5.41) is 2.55. The van der Waals surface area contributed by atoms with E-state index in [-0.39, 0.29) is 11.5 Å². The first-order valence-corrected chi connectivity index (χ1v) is 8.38. The predicted octanol–water partition coefficient (Wildman–Crippen LogP) is 3.30. The molecule has 25 heavy (non-hydrogen) atoms. The van der Waals surface area contributed by atoms with Gasteiger partial charge in [0.25, 0.3) is 5.91 Å². The van der Waals surface area contributed by atoms with Gasteiger partial charge in [0.15, 0.2) is 12.4 Å². The Morgan fingerprint density at radius 1 is 1.08 bits per heavy atom. The zero-order valence-corrected chi connectivity index (χ0v) is 14.3. The SMILES string of the molecule is CC(=O)c1ccc(NC(=O)COC(=O)CSc2ccccc2F)cc1. The number of rotatable bonds is 7. The second-order valence-corrected chi connectivity index (χ2v) is 6.08. The van der Waals surface area contributed by atoms with Crippen molar-refractivity contribution in [2.75, 3.05) is 17.7 Å². The van der Waals surface area contributed by atoms with E-state index < -0.39 is 24.3 Å². The van der Waals surface area contributed by atoms with Crippen molar-refractivity contribution < 1.29 is 23.5 Å². The van der Waals surface area contributed by atoms with Gasteiger partial charge in [0, 0.05) is 16.1 Å². The molecular formula is C18H16FNO4S. The van der Waals surface area contributed by atoms with Crippen LogP contribution in [-0.4, -0.2) is 30.0 Å². The first-order valence-electron chi connectivity index (χ1n) is 7.39. The Morgan fingerprint density at radius 3 is 2.40 bits per heavy atom. The number of hydrogen-bond acceptors (Lipinski definition) is 5. The summed E-state index contributed by atoms with van der Waals surface area (Å²) in [4.78, 5) is 34.9. The number of ketones is 1. The molecule has 0 aromatic heterocycles. The van der Waals surface area contributed by atoms with E-state index in [0.29, 0.717) is 16.1 Å². The standard InChI is InChI=1S/C18H16FNO4S/c1-12(21)13-6-8-14(9-7-13)20-17(22)10-24-18(23)11-25-16-5-3-2-4-15(16)19/h2-9H,10-11H2,1H3,(H,20,22). The van der Waals surface area contributed by atoms with Gasteiger partial charge in [-0.1, -0.05) is 12.1 Å². The number of nitrogens with one attached hydrogen (secondary N) is 1. The summed E-state index contributed by atoms with van der Waals surface area (Å²) >= 11 is 1.00. The molecule has 1 amide bonds. The van der Waals surface area contributed by atoms with Crippen LogP contribution in [0.1, 0.15) is 17.3 Å². The molecule has 5 nitrogen and oxygen atoms in total. The molecule has 0 bridgehead atoms. The summed E-state index contributed by atoms with van der Waals surface area (Å²) in [6.45, 7) is 1.01. The summed E-state index contributed by atoms with van der Waals surface area (Å²) in [6.07, 6.45) is 0. The lowest BCUT2D eigenvalue weighted by molar-refractivity contribution is -0.144. The third-order valence-electron chi connectivity index (χ3n) is 3.12. The largest absolute Gasteiger partial charge is 0.455 e. The molecule has 2 aromatic rings. The minimum atomic E-state index is -0.615. The zero-order valence-electron chi connectivity index (χ0n) is 13.5. The number of amides is 1. The molecule has 130 valence electrons. The lowest BCUT2D eigenvalue weighted by Crippen LogP contribution is -2.21. The van der Waals surface area contributed by atoms with Crippen LogP contribution in [-0.2, 0) is 14.3 Å². The van der Waals surface area contributed by atoms with Crippen LogP contribution in [0.25, 0.3) is 0 Å². The quantitative estimate of drug-likeness (QED) is 0.465.